The summed E-state index contributed by atoms with van der Waals surface area (Å²) in [5.41, 5.74) is 0. The van der Waals surface area contributed by atoms with Crippen molar-refractivity contribution >= 4 is 17.9 Å². The molecule has 0 aliphatic rings. The first-order chi connectivity index (χ1) is 14.4. The Labute approximate surface area is 182 Å². The van der Waals surface area contributed by atoms with Crippen molar-refractivity contribution in [3.05, 3.63) is 24.3 Å². The Hall–Kier alpha value is -2.11. The fraction of sp³-hybridized carbons (Fsp3) is 0.708. The molecule has 0 amide bonds. The molecule has 6 nitrogen and oxygen atoms in total. The number of aliphatic carboxylic acids is 3. The first kappa shape index (κ1) is 30.1. The van der Waals surface area contributed by atoms with Gasteiger partial charge in [-0.15, -0.1) is 0 Å². The number of hydrogen-bond acceptors (Lipinski definition) is 3. The van der Waals surface area contributed by atoms with Gasteiger partial charge in [0.2, 0.25) is 0 Å². The van der Waals surface area contributed by atoms with Crippen molar-refractivity contribution in [1.82, 2.24) is 0 Å². The van der Waals surface area contributed by atoms with Gasteiger partial charge in [-0.3, -0.25) is 4.79 Å². The van der Waals surface area contributed by atoms with Crippen LogP contribution in [0, 0.1) is 0 Å². The van der Waals surface area contributed by atoms with Gasteiger partial charge in [-0.25, -0.2) is 9.59 Å². The smallest absolute Gasteiger partial charge is 0.327 e. The lowest BCUT2D eigenvalue weighted by Crippen LogP contribution is -1.93. The fourth-order valence-electron chi connectivity index (χ4n) is 2.83. The molecule has 30 heavy (non-hydrogen) atoms. The first-order valence-electron chi connectivity index (χ1n) is 11.4. The van der Waals surface area contributed by atoms with Crippen LogP contribution >= 0.6 is 0 Å². The van der Waals surface area contributed by atoms with Crippen LogP contribution < -0.4 is 0 Å². The summed E-state index contributed by atoms with van der Waals surface area (Å²) in [6.07, 6.45) is 22.7. The number of hydrogen-bond donors (Lipinski definition) is 3. The highest BCUT2D eigenvalue weighted by Gasteiger charge is 1.96. The van der Waals surface area contributed by atoms with Crippen LogP contribution in [0.4, 0.5) is 0 Å². The molecule has 0 fully saturated rings. The summed E-state index contributed by atoms with van der Waals surface area (Å²) in [5, 5.41) is 25.1. The fourth-order valence-corrected chi connectivity index (χ4v) is 2.83. The minimum Gasteiger partial charge on any atom is -0.481 e. The van der Waals surface area contributed by atoms with E-state index < -0.39 is 17.9 Å². The molecule has 0 heterocycles. The third kappa shape index (κ3) is 33.5. The molecule has 6 heteroatoms. The Morgan fingerprint density at radius 3 is 1.30 bits per heavy atom. The van der Waals surface area contributed by atoms with E-state index in [1.807, 2.05) is 0 Å². The van der Waals surface area contributed by atoms with Gasteiger partial charge in [0.25, 0.3) is 0 Å². The summed E-state index contributed by atoms with van der Waals surface area (Å²) < 4.78 is 0. The van der Waals surface area contributed by atoms with Crippen molar-refractivity contribution in [2.45, 2.75) is 110 Å². The predicted octanol–water partition coefficient (Wildman–Crippen LogP) is 6.60. The largest absolute Gasteiger partial charge is 0.481 e. The molecule has 0 aromatic carbocycles. The monoisotopic (exact) mass is 426 g/mol. The topological polar surface area (TPSA) is 112 Å². The number of carbonyl (C=O) groups is 3. The maximum absolute atomic E-state index is 10.2. The zero-order chi connectivity index (χ0) is 22.9. The molecular formula is C24H42O6. The van der Waals surface area contributed by atoms with Gasteiger partial charge in [0.1, 0.15) is 0 Å². The second-order valence-electron chi connectivity index (χ2n) is 7.44. The van der Waals surface area contributed by atoms with E-state index in [9.17, 15) is 14.4 Å². The van der Waals surface area contributed by atoms with Crippen molar-refractivity contribution in [3.63, 3.8) is 0 Å². The molecule has 0 spiro atoms. The Balaban J connectivity index is 0. The minimum absolute atomic E-state index is 0.265. The van der Waals surface area contributed by atoms with Gasteiger partial charge in [0, 0.05) is 18.6 Å². The summed E-state index contributed by atoms with van der Waals surface area (Å²) in [5.74, 6) is -2.46. The molecule has 0 bridgehead atoms. The van der Waals surface area contributed by atoms with Gasteiger partial charge < -0.3 is 15.3 Å². The molecule has 0 saturated carbocycles. The lowest BCUT2D eigenvalue weighted by Gasteiger charge is -1.98. The molecule has 0 rings (SSSR count). The molecule has 0 radical (unpaired) electrons. The minimum atomic E-state index is -0.895. The Morgan fingerprint density at radius 2 is 0.933 bits per heavy atom. The Morgan fingerprint density at radius 1 is 0.567 bits per heavy atom. The number of carboxylic acids is 3. The van der Waals surface area contributed by atoms with Crippen LogP contribution in [0.25, 0.3) is 0 Å². The number of unbranched alkanes of at least 4 members (excludes halogenated alkanes) is 13. The number of rotatable bonds is 19. The molecule has 0 aromatic heterocycles. The van der Waals surface area contributed by atoms with Crippen molar-refractivity contribution in [3.8, 4) is 0 Å². The highest BCUT2D eigenvalue weighted by molar-refractivity contribution is 5.79. The van der Waals surface area contributed by atoms with Gasteiger partial charge in [0.05, 0.1) is 0 Å². The highest BCUT2D eigenvalue weighted by atomic mass is 16.4. The molecule has 174 valence electrons. The van der Waals surface area contributed by atoms with E-state index in [-0.39, 0.29) is 6.42 Å². The van der Waals surface area contributed by atoms with Crippen LogP contribution in [-0.4, -0.2) is 33.2 Å². The van der Waals surface area contributed by atoms with Crippen LogP contribution in [0.1, 0.15) is 110 Å². The van der Waals surface area contributed by atoms with Crippen molar-refractivity contribution < 1.29 is 29.7 Å². The molecule has 0 aromatic rings. The summed E-state index contributed by atoms with van der Waals surface area (Å²) in [7, 11) is 0. The van der Waals surface area contributed by atoms with Crippen LogP contribution in [0.15, 0.2) is 24.3 Å². The van der Waals surface area contributed by atoms with E-state index in [0.29, 0.717) is 0 Å². The molecule has 0 atom stereocenters. The van der Waals surface area contributed by atoms with Crippen molar-refractivity contribution in [2.75, 3.05) is 0 Å². The zero-order valence-electron chi connectivity index (χ0n) is 18.7. The van der Waals surface area contributed by atoms with Gasteiger partial charge in [-0.05, 0) is 32.1 Å². The molecule has 0 aliphatic carbocycles. The van der Waals surface area contributed by atoms with E-state index in [2.05, 4.69) is 6.92 Å². The molecule has 0 saturated heterocycles. The third-order valence-electron chi connectivity index (χ3n) is 4.51. The van der Waals surface area contributed by atoms with Gasteiger partial charge in [-0.2, -0.15) is 0 Å². The Bertz CT molecular complexity index is 482. The van der Waals surface area contributed by atoms with Crippen molar-refractivity contribution in [1.29, 1.82) is 0 Å². The molecule has 0 unspecified atom stereocenters. The maximum atomic E-state index is 10.2. The maximum Gasteiger partial charge on any atom is 0.327 e. The second-order valence-corrected chi connectivity index (χ2v) is 7.44. The van der Waals surface area contributed by atoms with Crippen LogP contribution in [-0.2, 0) is 14.4 Å². The van der Waals surface area contributed by atoms with E-state index in [1.54, 1.807) is 12.2 Å². The quantitative estimate of drug-likeness (QED) is 0.158. The standard InChI is InChI=1S/C12H20O4.C12H22O2/c13-11(14)9-7-5-3-1-2-4-6-8-10-12(15)16;1-2-3-4-5-6-7-8-9-10-11-12(13)14/h7,9H,1-6,8,10H2,(H,13,14)(H,15,16);10-11H,2-9H2,1H3,(H,13,14). The third-order valence-corrected chi connectivity index (χ3v) is 4.51. The van der Waals surface area contributed by atoms with Gasteiger partial charge in [0.15, 0.2) is 0 Å². The van der Waals surface area contributed by atoms with E-state index in [1.165, 1.54) is 50.7 Å². The summed E-state index contributed by atoms with van der Waals surface area (Å²) in [6.45, 7) is 2.22. The Kier molecular flexibility index (Phi) is 25.0. The van der Waals surface area contributed by atoms with E-state index >= 15 is 0 Å². The lowest BCUT2D eigenvalue weighted by atomic mass is 10.1. The second kappa shape index (κ2) is 24.9. The van der Waals surface area contributed by atoms with E-state index in [0.717, 1.165) is 57.8 Å². The number of carboxylic acid groups (broad SMARTS) is 3. The summed E-state index contributed by atoms with van der Waals surface area (Å²) in [6, 6.07) is 0. The molecule has 0 aliphatic heterocycles. The highest BCUT2D eigenvalue weighted by Crippen LogP contribution is 2.09. The summed E-state index contributed by atoms with van der Waals surface area (Å²) >= 11 is 0. The predicted molar refractivity (Wildman–Crippen MR) is 121 cm³/mol. The van der Waals surface area contributed by atoms with Gasteiger partial charge >= 0.3 is 17.9 Å². The molecular weight excluding hydrogens is 384 g/mol. The SMILES string of the molecule is CCCCCCCCCC=CC(=O)O.O=C(O)C=CCCCCCCCCC(=O)O. The number of allylic oxidation sites excluding steroid dienone is 2. The van der Waals surface area contributed by atoms with E-state index in [4.69, 9.17) is 15.3 Å². The average molecular weight is 427 g/mol. The lowest BCUT2D eigenvalue weighted by molar-refractivity contribution is -0.137. The average Bonchev–Trinajstić information content (AvgIpc) is 2.68. The summed E-state index contributed by atoms with van der Waals surface area (Å²) in [4.78, 5) is 30.5. The normalized spacial score (nSPS) is 10.8. The van der Waals surface area contributed by atoms with Crippen LogP contribution in [0.5, 0.6) is 0 Å². The van der Waals surface area contributed by atoms with Crippen molar-refractivity contribution in [2.24, 2.45) is 0 Å². The molecule has 3 N–H and O–H groups in total. The van der Waals surface area contributed by atoms with Crippen LogP contribution in [0.2, 0.25) is 0 Å². The van der Waals surface area contributed by atoms with Crippen LogP contribution in [0.3, 0.4) is 0 Å². The first-order valence-corrected chi connectivity index (χ1v) is 11.4. The zero-order valence-corrected chi connectivity index (χ0v) is 18.7. The van der Waals surface area contributed by atoms with Gasteiger partial charge in [-0.1, -0.05) is 83.3 Å².